The first-order valence-corrected chi connectivity index (χ1v) is 22.6. The van der Waals surface area contributed by atoms with Gasteiger partial charge in [0.2, 0.25) is 0 Å². The molecule has 0 nitrogen and oxygen atoms in total. The summed E-state index contributed by atoms with van der Waals surface area (Å²) in [4.78, 5) is 19.6. The van der Waals surface area contributed by atoms with Gasteiger partial charge in [-0.1, -0.05) is 52.4 Å². The highest BCUT2D eigenvalue weighted by atomic mass is 32.1. The summed E-state index contributed by atoms with van der Waals surface area (Å²) in [6.45, 7) is 4.56. The topological polar surface area (TPSA) is 0 Å². The molecule has 0 unspecified atom stereocenters. The molecule has 0 aliphatic rings. The summed E-state index contributed by atoms with van der Waals surface area (Å²) in [5, 5.41) is 0. The molecule has 7 heteroatoms. The highest BCUT2D eigenvalue weighted by molar-refractivity contribution is 7.31. The number of hydrogen-bond acceptors (Lipinski definition) is 7. The van der Waals surface area contributed by atoms with E-state index in [1.165, 1.54) is 132 Å². The average Bonchev–Trinajstić information content (AvgIpc) is 3.91. The fourth-order valence-electron chi connectivity index (χ4n) is 5.76. The molecule has 0 saturated carbocycles. The van der Waals surface area contributed by atoms with E-state index in [-0.39, 0.29) is 0 Å². The Bertz CT molecular complexity index is 1850. The highest BCUT2D eigenvalue weighted by Crippen LogP contribution is 2.46. The lowest BCUT2D eigenvalue weighted by atomic mass is 10.1. The molecular weight excluding hydrogens is 705 g/mol. The van der Waals surface area contributed by atoms with E-state index in [0.717, 1.165) is 0 Å². The van der Waals surface area contributed by atoms with Crippen LogP contribution in [0.1, 0.15) is 75.0 Å². The fraction of sp³-hybridized carbons (Fsp3) is 0.300. The van der Waals surface area contributed by atoms with Crippen LogP contribution in [0.25, 0.3) is 58.5 Å². The van der Waals surface area contributed by atoms with Gasteiger partial charge in [-0.25, -0.2) is 0 Å². The van der Waals surface area contributed by atoms with E-state index in [4.69, 9.17) is 0 Å². The minimum absolute atomic E-state index is 1.22. The van der Waals surface area contributed by atoms with Crippen molar-refractivity contribution in [1.29, 1.82) is 0 Å². The number of hydrogen-bond donors (Lipinski definition) is 0. The van der Waals surface area contributed by atoms with Gasteiger partial charge in [-0.15, -0.1) is 79.4 Å². The Kier molecular flexibility index (Phi) is 11.4. The fourth-order valence-corrected chi connectivity index (χ4v) is 13.4. The van der Waals surface area contributed by atoms with Crippen molar-refractivity contribution in [2.75, 3.05) is 0 Å². The highest BCUT2D eigenvalue weighted by Gasteiger charge is 2.15. The van der Waals surface area contributed by atoms with Crippen molar-refractivity contribution < 1.29 is 0 Å². The number of aryl methyl sites for hydroxylation is 2. The van der Waals surface area contributed by atoms with Gasteiger partial charge in [0.05, 0.1) is 0 Å². The van der Waals surface area contributed by atoms with Crippen LogP contribution in [0, 0.1) is 0 Å². The van der Waals surface area contributed by atoms with Crippen LogP contribution in [0.15, 0.2) is 84.9 Å². The molecule has 242 valence electrons. The lowest BCUT2D eigenvalue weighted by Gasteiger charge is -1.96. The monoisotopic (exact) mass is 744 g/mol. The van der Waals surface area contributed by atoms with Crippen LogP contribution >= 0.6 is 79.4 Å². The van der Waals surface area contributed by atoms with E-state index >= 15 is 0 Å². The molecule has 7 aromatic heterocycles. The van der Waals surface area contributed by atoms with Gasteiger partial charge in [0.25, 0.3) is 0 Å². The largest absolute Gasteiger partial charge is 0.139 e. The molecule has 0 aliphatic carbocycles. The van der Waals surface area contributed by atoms with Crippen LogP contribution in [0.5, 0.6) is 0 Å². The predicted molar refractivity (Wildman–Crippen MR) is 220 cm³/mol. The SMILES string of the molecule is CCCCCCc1ccc(-c2ccc(-c3ccc(-c4ccc(-c5ccc(-c6ccc(-c7ccc(CCCCCC)s7)s6)s5)s4)s3)s2)s1. The predicted octanol–water partition coefficient (Wildman–Crippen LogP) is 16.4. The van der Waals surface area contributed by atoms with E-state index in [2.05, 4.69) is 98.8 Å². The van der Waals surface area contributed by atoms with Crippen LogP contribution in [-0.2, 0) is 12.8 Å². The molecule has 7 rings (SSSR count). The molecule has 0 aromatic carbocycles. The van der Waals surface area contributed by atoms with Crippen LogP contribution < -0.4 is 0 Å². The van der Waals surface area contributed by atoms with Crippen molar-refractivity contribution in [3.05, 3.63) is 94.7 Å². The summed E-state index contributed by atoms with van der Waals surface area (Å²) in [6, 6.07) is 32.4. The minimum atomic E-state index is 1.22. The Morgan fingerprint density at radius 3 is 0.766 bits per heavy atom. The Hall–Kier alpha value is -2.10. The third kappa shape index (κ3) is 8.21. The van der Waals surface area contributed by atoms with Gasteiger partial charge in [0.15, 0.2) is 0 Å². The van der Waals surface area contributed by atoms with Gasteiger partial charge in [-0.2, -0.15) is 0 Å². The summed E-state index contributed by atoms with van der Waals surface area (Å²) < 4.78 is 0. The van der Waals surface area contributed by atoms with E-state index in [0.29, 0.717) is 0 Å². The van der Waals surface area contributed by atoms with Gasteiger partial charge in [-0.3, -0.25) is 0 Å². The zero-order valence-corrected chi connectivity index (χ0v) is 32.7. The van der Waals surface area contributed by atoms with E-state index in [1.54, 1.807) is 0 Å². The zero-order chi connectivity index (χ0) is 32.0. The van der Waals surface area contributed by atoms with Crippen LogP contribution in [0.2, 0.25) is 0 Å². The molecule has 0 spiro atoms. The van der Waals surface area contributed by atoms with Gasteiger partial charge in [-0.05, 0) is 111 Å². The second kappa shape index (κ2) is 16.1. The molecule has 0 atom stereocenters. The molecule has 7 aromatic rings. The van der Waals surface area contributed by atoms with Crippen molar-refractivity contribution in [2.45, 2.75) is 78.1 Å². The molecule has 0 bridgehead atoms. The minimum Gasteiger partial charge on any atom is -0.139 e. The number of thiophene rings is 7. The zero-order valence-electron chi connectivity index (χ0n) is 27.0. The summed E-state index contributed by atoms with van der Waals surface area (Å²) in [5.41, 5.74) is 0. The first-order chi connectivity index (χ1) is 23.2. The first-order valence-electron chi connectivity index (χ1n) is 16.9. The second-order valence-electron chi connectivity index (χ2n) is 12.0. The van der Waals surface area contributed by atoms with Gasteiger partial charge in [0.1, 0.15) is 0 Å². The third-order valence-corrected chi connectivity index (χ3v) is 17.3. The Morgan fingerprint density at radius 1 is 0.277 bits per heavy atom. The standard InChI is InChI=1S/C40H40S7/c1-3-5-7-9-11-27-13-15-29(41-27)31-17-19-33(43-31)35-21-23-37(45-35)39-25-26-40(47-39)38-24-22-36(46-38)34-20-18-32(44-34)30-16-14-28(42-30)12-10-8-6-4-2/h13-26H,3-12H2,1-2H3. The molecule has 0 amide bonds. The van der Waals surface area contributed by atoms with Crippen LogP contribution in [-0.4, -0.2) is 0 Å². The van der Waals surface area contributed by atoms with E-state index in [9.17, 15) is 0 Å². The van der Waals surface area contributed by atoms with Crippen molar-refractivity contribution in [1.82, 2.24) is 0 Å². The van der Waals surface area contributed by atoms with Crippen molar-refractivity contribution >= 4 is 79.4 Å². The van der Waals surface area contributed by atoms with E-state index in [1.807, 2.05) is 79.4 Å². The lowest BCUT2D eigenvalue weighted by Crippen LogP contribution is -1.80. The molecule has 0 N–H and O–H groups in total. The maximum absolute atomic E-state index is 2.34. The van der Waals surface area contributed by atoms with Crippen molar-refractivity contribution in [3.63, 3.8) is 0 Å². The molecular formula is C40H40S7. The maximum atomic E-state index is 2.34. The molecule has 0 radical (unpaired) electrons. The van der Waals surface area contributed by atoms with Crippen molar-refractivity contribution in [3.8, 4) is 58.5 Å². The molecule has 0 aliphatic heterocycles. The summed E-state index contributed by atoms with van der Waals surface area (Å²) in [5.74, 6) is 0. The molecule has 7 heterocycles. The first kappa shape index (κ1) is 33.4. The quantitative estimate of drug-likeness (QED) is 0.0865. The Balaban J connectivity index is 0.986. The summed E-state index contributed by atoms with van der Waals surface area (Å²) in [7, 11) is 0. The Labute approximate surface area is 308 Å². The Morgan fingerprint density at radius 2 is 0.511 bits per heavy atom. The third-order valence-electron chi connectivity index (χ3n) is 8.36. The number of unbranched alkanes of at least 4 members (excludes halogenated alkanes) is 6. The molecule has 47 heavy (non-hydrogen) atoms. The second-order valence-corrected chi connectivity index (χ2v) is 19.7. The smallest absolute Gasteiger partial charge is 0.0449 e. The molecule has 0 saturated heterocycles. The van der Waals surface area contributed by atoms with E-state index < -0.39 is 0 Å². The number of rotatable bonds is 16. The summed E-state index contributed by atoms with van der Waals surface area (Å²) in [6.07, 6.45) is 13.1. The maximum Gasteiger partial charge on any atom is 0.0449 e. The summed E-state index contributed by atoms with van der Waals surface area (Å²) >= 11 is 13.6. The van der Waals surface area contributed by atoms with Gasteiger partial charge < -0.3 is 0 Å². The van der Waals surface area contributed by atoms with Crippen LogP contribution in [0.4, 0.5) is 0 Å². The van der Waals surface area contributed by atoms with Gasteiger partial charge in [0, 0.05) is 68.3 Å². The lowest BCUT2D eigenvalue weighted by molar-refractivity contribution is 0.670. The normalized spacial score (nSPS) is 11.6. The average molecular weight is 745 g/mol. The van der Waals surface area contributed by atoms with Gasteiger partial charge >= 0.3 is 0 Å². The van der Waals surface area contributed by atoms with Crippen molar-refractivity contribution in [2.24, 2.45) is 0 Å². The molecule has 0 fully saturated rings. The van der Waals surface area contributed by atoms with Crippen LogP contribution in [0.3, 0.4) is 0 Å².